The van der Waals surface area contributed by atoms with Crippen LogP contribution in [-0.4, -0.2) is 45.7 Å². The number of ether oxygens (including phenoxy) is 1. The van der Waals surface area contributed by atoms with Gasteiger partial charge < -0.3 is 4.74 Å². The minimum Gasteiger partial charge on any atom is -0.494 e. The number of nitrogens with zero attached hydrogens (tertiary/aromatic N) is 3. The van der Waals surface area contributed by atoms with Crippen LogP contribution in [0, 0.1) is 0 Å². The Morgan fingerprint density at radius 3 is 2.58 bits per heavy atom. The highest BCUT2D eigenvalue weighted by molar-refractivity contribution is 9.10. The van der Waals surface area contributed by atoms with Gasteiger partial charge in [-0.15, -0.1) is 11.3 Å². The van der Waals surface area contributed by atoms with E-state index in [0.717, 1.165) is 46.7 Å². The summed E-state index contributed by atoms with van der Waals surface area (Å²) in [5.74, 6) is 0.922. The van der Waals surface area contributed by atoms with E-state index in [1.54, 1.807) is 28.0 Å². The number of ketones is 1. The first-order chi connectivity index (χ1) is 17.5. The zero-order valence-corrected chi connectivity index (χ0v) is 23.3. The van der Waals surface area contributed by atoms with Gasteiger partial charge in [0.25, 0.3) is 5.56 Å². The Kier molecular flexibility index (Phi) is 7.62. The van der Waals surface area contributed by atoms with Gasteiger partial charge in [0, 0.05) is 28.0 Å². The highest BCUT2D eigenvalue weighted by Crippen LogP contribution is 2.34. The molecule has 1 aliphatic rings. The Labute approximate surface area is 226 Å². The second kappa shape index (κ2) is 10.9. The summed E-state index contributed by atoms with van der Waals surface area (Å²) in [6, 6.07) is 14.8. The van der Waals surface area contributed by atoms with Gasteiger partial charge in [-0.1, -0.05) is 46.7 Å². The third-order valence-electron chi connectivity index (χ3n) is 6.27. The van der Waals surface area contributed by atoms with Crippen molar-refractivity contribution in [2.45, 2.75) is 32.0 Å². The van der Waals surface area contributed by atoms with Gasteiger partial charge in [-0.2, -0.15) is 0 Å². The van der Waals surface area contributed by atoms with Gasteiger partial charge in [-0.3, -0.25) is 19.1 Å². The predicted octanol–water partition coefficient (Wildman–Crippen LogP) is 5.96. The zero-order chi connectivity index (χ0) is 25.2. The zero-order valence-electron chi connectivity index (χ0n) is 20.1. The van der Waals surface area contributed by atoms with Crippen LogP contribution in [0.15, 0.2) is 63.0 Å². The molecule has 0 saturated heterocycles. The largest absolute Gasteiger partial charge is 0.494 e. The molecule has 4 aromatic rings. The van der Waals surface area contributed by atoms with Crippen LogP contribution in [-0.2, 0) is 13.0 Å². The van der Waals surface area contributed by atoms with Crippen molar-refractivity contribution in [1.82, 2.24) is 14.5 Å². The number of carbonyl (C=O) groups excluding carboxylic acids is 1. The van der Waals surface area contributed by atoms with E-state index in [4.69, 9.17) is 9.72 Å². The maximum Gasteiger partial charge on any atom is 0.267 e. The number of aromatic nitrogens is 2. The van der Waals surface area contributed by atoms with Crippen LogP contribution in [0.5, 0.6) is 5.75 Å². The van der Waals surface area contributed by atoms with Crippen molar-refractivity contribution < 1.29 is 9.53 Å². The summed E-state index contributed by atoms with van der Waals surface area (Å²) in [7, 11) is 0. The summed E-state index contributed by atoms with van der Waals surface area (Å²) >= 11 is 6.31. The molecule has 186 valence electrons. The van der Waals surface area contributed by atoms with E-state index < -0.39 is 0 Å². The van der Waals surface area contributed by atoms with E-state index in [2.05, 4.69) is 27.8 Å². The van der Waals surface area contributed by atoms with Gasteiger partial charge in [0.2, 0.25) is 0 Å². The monoisotopic (exact) mass is 583 g/mol. The van der Waals surface area contributed by atoms with Crippen molar-refractivity contribution in [1.29, 1.82) is 0 Å². The summed E-state index contributed by atoms with van der Waals surface area (Å²) in [5.41, 5.74) is 2.39. The van der Waals surface area contributed by atoms with Crippen molar-refractivity contribution >= 4 is 55.0 Å². The molecule has 36 heavy (non-hydrogen) atoms. The van der Waals surface area contributed by atoms with Gasteiger partial charge in [-0.05, 0) is 61.9 Å². The molecule has 0 bridgehead atoms. The van der Waals surface area contributed by atoms with E-state index in [1.807, 2.05) is 43.3 Å². The first-order valence-electron chi connectivity index (χ1n) is 11.9. The molecule has 5 rings (SSSR count). The third-order valence-corrected chi connectivity index (χ3v) is 8.85. The SMILES string of the molecule is CCOc1ccc(-n2c(SCC(=O)c3ccc(Br)cc3)nc3sc4c(c3c2=O)CCN(CC)C4)cc1. The molecule has 9 heteroatoms. The number of hydrogen-bond acceptors (Lipinski definition) is 7. The van der Waals surface area contributed by atoms with Gasteiger partial charge in [0.15, 0.2) is 10.9 Å². The molecule has 6 nitrogen and oxygen atoms in total. The lowest BCUT2D eigenvalue weighted by atomic mass is 10.1. The van der Waals surface area contributed by atoms with Crippen LogP contribution in [0.2, 0.25) is 0 Å². The number of thiophene rings is 1. The standard InChI is InChI=1S/C27H26BrN3O3S2/c1-3-30-14-13-21-23(15-30)36-25-24(21)26(33)31(19-9-11-20(12-10-19)34-4-2)27(29-25)35-16-22(32)17-5-7-18(28)8-6-17/h5-12H,3-4,13-16H2,1-2H3. The van der Waals surface area contributed by atoms with E-state index in [9.17, 15) is 9.59 Å². The van der Waals surface area contributed by atoms with Gasteiger partial charge >= 0.3 is 0 Å². The lowest BCUT2D eigenvalue weighted by Crippen LogP contribution is -2.30. The van der Waals surface area contributed by atoms with Gasteiger partial charge in [0.1, 0.15) is 10.6 Å². The molecular weight excluding hydrogens is 558 g/mol. The molecule has 0 atom stereocenters. The number of Topliss-reactive ketones (excluding diaryl/α,β-unsaturated/α-hetero) is 1. The molecule has 3 heterocycles. The fraction of sp³-hybridized carbons (Fsp3) is 0.296. The topological polar surface area (TPSA) is 64.4 Å². The summed E-state index contributed by atoms with van der Waals surface area (Å²) in [6.45, 7) is 7.44. The summed E-state index contributed by atoms with van der Waals surface area (Å²) in [6.07, 6.45) is 0.845. The maximum absolute atomic E-state index is 14.0. The third kappa shape index (κ3) is 5.02. The normalized spacial score (nSPS) is 13.6. The van der Waals surface area contributed by atoms with Crippen molar-refractivity contribution in [3.63, 3.8) is 0 Å². The fourth-order valence-electron chi connectivity index (χ4n) is 4.38. The Bertz CT molecular complexity index is 1460. The minimum absolute atomic E-state index is 0.0100. The summed E-state index contributed by atoms with van der Waals surface area (Å²) < 4.78 is 8.16. The van der Waals surface area contributed by atoms with E-state index in [0.29, 0.717) is 28.4 Å². The molecule has 0 radical (unpaired) electrons. The lowest BCUT2D eigenvalue weighted by Gasteiger charge is -2.25. The molecular formula is C27H26BrN3O3S2. The van der Waals surface area contributed by atoms with Crippen LogP contribution in [0.3, 0.4) is 0 Å². The number of hydrogen-bond donors (Lipinski definition) is 0. The quantitative estimate of drug-likeness (QED) is 0.145. The molecule has 0 saturated carbocycles. The molecule has 2 aromatic heterocycles. The molecule has 2 aromatic carbocycles. The van der Waals surface area contributed by atoms with Crippen LogP contribution in [0.25, 0.3) is 15.9 Å². The second-order valence-corrected chi connectivity index (χ2v) is 11.4. The number of halogens is 1. The van der Waals surface area contributed by atoms with Crippen LogP contribution in [0.4, 0.5) is 0 Å². The highest BCUT2D eigenvalue weighted by Gasteiger charge is 2.25. The van der Waals surface area contributed by atoms with Crippen LogP contribution < -0.4 is 10.3 Å². The first kappa shape index (κ1) is 25.2. The molecule has 0 aliphatic carbocycles. The number of benzene rings is 2. The fourth-order valence-corrected chi connectivity index (χ4v) is 6.85. The molecule has 0 fully saturated rings. The first-order valence-corrected chi connectivity index (χ1v) is 14.5. The average Bonchev–Trinajstić information content (AvgIpc) is 3.26. The highest BCUT2D eigenvalue weighted by atomic mass is 79.9. The van der Waals surface area contributed by atoms with Gasteiger partial charge in [-0.25, -0.2) is 4.98 Å². The number of rotatable bonds is 8. The lowest BCUT2D eigenvalue weighted by molar-refractivity contribution is 0.102. The molecule has 0 amide bonds. The Balaban J connectivity index is 1.57. The molecule has 1 aliphatic heterocycles. The minimum atomic E-state index is -0.0785. The number of fused-ring (bicyclic) bond motifs is 3. The van der Waals surface area contributed by atoms with Crippen molar-refractivity contribution in [3.8, 4) is 11.4 Å². The summed E-state index contributed by atoms with van der Waals surface area (Å²) in [4.78, 5) is 36.2. The van der Waals surface area contributed by atoms with Crippen molar-refractivity contribution in [2.75, 3.05) is 25.4 Å². The van der Waals surface area contributed by atoms with Crippen molar-refractivity contribution in [2.24, 2.45) is 0 Å². The van der Waals surface area contributed by atoms with Crippen molar-refractivity contribution in [3.05, 3.63) is 79.4 Å². The molecule has 0 N–H and O–H groups in total. The molecule has 0 spiro atoms. The number of carbonyl (C=O) groups is 1. The Morgan fingerprint density at radius 2 is 1.89 bits per heavy atom. The Morgan fingerprint density at radius 1 is 1.14 bits per heavy atom. The van der Waals surface area contributed by atoms with Crippen LogP contribution >= 0.6 is 39.0 Å². The number of likely N-dealkylation sites (N-methyl/N-ethyl adjacent to an activating group) is 1. The molecule has 0 unspecified atom stereocenters. The summed E-state index contributed by atoms with van der Waals surface area (Å²) in [5, 5.41) is 1.23. The predicted molar refractivity (Wildman–Crippen MR) is 150 cm³/mol. The van der Waals surface area contributed by atoms with E-state index >= 15 is 0 Å². The smallest absolute Gasteiger partial charge is 0.267 e. The second-order valence-electron chi connectivity index (χ2n) is 8.48. The van der Waals surface area contributed by atoms with Gasteiger partial charge in [0.05, 0.1) is 23.4 Å². The van der Waals surface area contributed by atoms with E-state index in [1.165, 1.54) is 16.6 Å². The number of thioether (sulfide) groups is 1. The Hall–Kier alpha value is -2.46. The average molecular weight is 585 g/mol. The van der Waals surface area contributed by atoms with Crippen LogP contribution in [0.1, 0.15) is 34.6 Å². The van der Waals surface area contributed by atoms with E-state index in [-0.39, 0.29) is 17.1 Å². The maximum atomic E-state index is 14.0.